The summed E-state index contributed by atoms with van der Waals surface area (Å²) in [4.78, 5) is 26.3. The zero-order valence-corrected chi connectivity index (χ0v) is 30.8. The molecule has 1 aliphatic heterocycles. The largest absolute Gasteiger partial charge is 0.414 e. The molecule has 51 heavy (non-hydrogen) atoms. The SMILES string of the molecule is C=C(/C=C/C=C1\[C@H]2[C@@H](CCC[C@H]1O)C[C@@]1([C@H](CCCO)/C(=C(\C)C(=O)Cc3cccc4c3OC(=O)N[C@@H]4N)CC[C@@]1(C)O)[C@@H]2O)CCC=C(C)C. The first-order valence-corrected chi connectivity index (χ1v) is 18.7. The van der Waals surface area contributed by atoms with E-state index in [-0.39, 0.29) is 36.6 Å². The number of para-hydroxylation sites is 1. The van der Waals surface area contributed by atoms with Crippen LogP contribution in [0.5, 0.6) is 5.75 Å². The van der Waals surface area contributed by atoms with Gasteiger partial charge in [-0.15, -0.1) is 0 Å². The lowest BCUT2D eigenvalue weighted by atomic mass is 9.52. The molecule has 5 rings (SSSR count). The Labute approximate surface area is 303 Å². The number of hydrogen-bond donors (Lipinski definition) is 6. The molecule has 1 amide bonds. The van der Waals surface area contributed by atoms with Gasteiger partial charge in [0.2, 0.25) is 0 Å². The molecule has 7 N–H and O–H groups in total. The molecule has 9 heteroatoms. The van der Waals surface area contributed by atoms with Crippen molar-refractivity contribution in [1.82, 2.24) is 5.32 Å². The lowest BCUT2D eigenvalue weighted by Crippen LogP contribution is -2.59. The van der Waals surface area contributed by atoms with Gasteiger partial charge in [-0.2, -0.15) is 0 Å². The van der Waals surface area contributed by atoms with Crippen LogP contribution in [0.1, 0.15) is 109 Å². The van der Waals surface area contributed by atoms with Crippen molar-refractivity contribution in [2.75, 3.05) is 6.61 Å². The monoisotopic (exact) mass is 702 g/mol. The Kier molecular flexibility index (Phi) is 12.3. The van der Waals surface area contributed by atoms with Crippen molar-refractivity contribution in [2.24, 2.45) is 28.9 Å². The number of Topliss-reactive ketones (excluding diaryl/α,β-unsaturated/α-hetero) is 1. The number of aliphatic hydroxyl groups excluding tert-OH is 3. The van der Waals surface area contributed by atoms with E-state index in [1.165, 1.54) is 5.57 Å². The Morgan fingerprint density at radius 3 is 2.69 bits per heavy atom. The normalized spacial score (nSPS) is 33.7. The van der Waals surface area contributed by atoms with Crippen molar-refractivity contribution in [3.8, 4) is 5.75 Å². The molecular weight excluding hydrogens is 644 g/mol. The Hall–Kier alpha value is -3.34. The molecular formula is C42H58N2O7. The molecule has 1 spiro atoms. The fraction of sp³-hybridized carbons (Fsp3) is 0.571. The van der Waals surface area contributed by atoms with Crippen LogP contribution in [-0.2, 0) is 11.2 Å². The number of carbonyl (C=O) groups is 2. The van der Waals surface area contributed by atoms with Crippen molar-refractivity contribution in [1.29, 1.82) is 0 Å². The highest BCUT2D eigenvalue weighted by molar-refractivity contribution is 5.97. The molecule has 9 nitrogen and oxygen atoms in total. The zero-order chi connectivity index (χ0) is 37.1. The van der Waals surface area contributed by atoms with Crippen molar-refractivity contribution in [2.45, 2.75) is 122 Å². The van der Waals surface area contributed by atoms with E-state index in [4.69, 9.17) is 10.5 Å². The number of allylic oxidation sites excluding steroid dienone is 8. The maximum absolute atomic E-state index is 14.1. The second kappa shape index (κ2) is 16.1. The summed E-state index contributed by atoms with van der Waals surface area (Å²) in [6.07, 6.45) is 11.2. The minimum absolute atomic E-state index is 0.00648. The number of ketones is 1. The van der Waals surface area contributed by atoms with E-state index >= 15 is 0 Å². The molecule has 1 aromatic rings. The number of nitrogens with two attached hydrogens (primary N) is 1. The van der Waals surface area contributed by atoms with Gasteiger partial charge in [0.05, 0.1) is 17.8 Å². The van der Waals surface area contributed by atoms with Crippen molar-refractivity contribution < 1.29 is 34.8 Å². The van der Waals surface area contributed by atoms with E-state index < -0.39 is 35.5 Å². The average Bonchev–Trinajstić information content (AvgIpc) is 3.26. The summed E-state index contributed by atoms with van der Waals surface area (Å²) in [6.45, 7) is 11.9. The molecule has 0 bridgehead atoms. The molecule has 1 aromatic carbocycles. The molecule has 4 aliphatic rings. The van der Waals surface area contributed by atoms with Crippen molar-refractivity contribution in [3.63, 3.8) is 0 Å². The number of aliphatic hydroxyl groups is 4. The van der Waals surface area contributed by atoms with Gasteiger partial charge in [0.15, 0.2) is 5.78 Å². The Morgan fingerprint density at radius 2 is 1.96 bits per heavy atom. The standard InChI is InChI=1S/C42H58N2O7/c1-25(2)11-6-12-26(3)13-7-16-31-34(46)19-9-15-29-24-42(38(48)36(29)31)33(18-10-22-45)30(20-21-41(42,5)50)27(4)35(47)23-28-14-8-17-32-37(28)51-40(49)44-39(32)43/h7-8,11,13-14,16-17,29,33-34,36,38-39,45-46,48,50H,3,6,9-10,12,15,18-24,43H2,1-2,4-5H3,(H,44,49)/b13-7+,30-27+,31-16-/t29-,33+,34+,36+,38+,39-,41+,42+/m0/s1. The Balaban J connectivity index is 1.50. The second-order valence-corrected chi connectivity index (χ2v) is 15.7. The van der Waals surface area contributed by atoms with Gasteiger partial charge in [-0.1, -0.05) is 72.2 Å². The Bertz CT molecular complexity index is 1620. The molecule has 278 valence electrons. The van der Waals surface area contributed by atoms with Crippen molar-refractivity contribution in [3.05, 3.63) is 88.1 Å². The molecule has 3 aliphatic carbocycles. The van der Waals surface area contributed by atoms with E-state index in [0.29, 0.717) is 61.0 Å². The maximum Gasteiger partial charge on any atom is 0.414 e. The van der Waals surface area contributed by atoms with E-state index in [1.807, 2.05) is 32.1 Å². The number of fused-ring (bicyclic) bond motifs is 2. The van der Waals surface area contributed by atoms with E-state index in [2.05, 4.69) is 31.8 Å². The van der Waals surface area contributed by atoms with E-state index in [1.54, 1.807) is 18.2 Å². The van der Waals surface area contributed by atoms with Gasteiger partial charge in [-0.05, 0) is 108 Å². The van der Waals surface area contributed by atoms with Crippen LogP contribution >= 0.6 is 0 Å². The molecule has 3 saturated carbocycles. The number of nitrogens with one attached hydrogen (secondary N) is 1. The number of rotatable bonds is 11. The first-order chi connectivity index (χ1) is 24.2. The number of amides is 1. The summed E-state index contributed by atoms with van der Waals surface area (Å²) >= 11 is 0. The van der Waals surface area contributed by atoms with Gasteiger partial charge in [0, 0.05) is 35.5 Å². The predicted octanol–water partition coefficient (Wildman–Crippen LogP) is 6.42. The van der Waals surface area contributed by atoms with E-state index in [0.717, 1.165) is 42.4 Å². The van der Waals surface area contributed by atoms with Crippen LogP contribution in [-0.4, -0.2) is 56.7 Å². The first kappa shape index (κ1) is 38.9. The van der Waals surface area contributed by atoms with Crippen LogP contribution in [0.25, 0.3) is 0 Å². The van der Waals surface area contributed by atoms with Gasteiger partial charge < -0.3 is 36.2 Å². The number of carbonyl (C=O) groups excluding carboxylic acids is 2. The van der Waals surface area contributed by atoms with Gasteiger partial charge in [0.25, 0.3) is 0 Å². The number of benzene rings is 1. The molecule has 0 aromatic heterocycles. The maximum atomic E-state index is 14.1. The highest BCUT2D eigenvalue weighted by Gasteiger charge is 2.67. The minimum atomic E-state index is -1.26. The highest BCUT2D eigenvalue weighted by Crippen LogP contribution is 2.66. The summed E-state index contributed by atoms with van der Waals surface area (Å²) < 4.78 is 5.47. The summed E-state index contributed by atoms with van der Waals surface area (Å²) in [5, 5.41) is 49.0. The topological polar surface area (TPSA) is 162 Å². The van der Waals surface area contributed by atoms with Crippen LogP contribution in [0.3, 0.4) is 0 Å². The third kappa shape index (κ3) is 7.88. The summed E-state index contributed by atoms with van der Waals surface area (Å²) in [5.41, 5.74) is 9.53. The van der Waals surface area contributed by atoms with Crippen LogP contribution in [0.15, 0.2) is 76.9 Å². The number of ether oxygens (including phenoxy) is 1. The third-order valence-electron chi connectivity index (χ3n) is 12.2. The average molecular weight is 703 g/mol. The molecule has 0 radical (unpaired) electrons. The minimum Gasteiger partial charge on any atom is -0.410 e. The summed E-state index contributed by atoms with van der Waals surface area (Å²) in [7, 11) is 0. The van der Waals surface area contributed by atoms with Crippen LogP contribution in [0.2, 0.25) is 0 Å². The fourth-order valence-corrected chi connectivity index (χ4v) is 9.56. The van der Waals surface area contributed by atoms with E-state index in [9.17, 15) is 30.0 Å². The molecule has 3 fully saturated rings. The predicted molar refractivity (Wildman–Crippen MR) is 199 cm³/mol. The van der Waals surface area contributed by atoms with Gasteiger partial charge in [-0.3, -0.25) is 4.79 Å². The van der Waals surface area contributed by atoms with Gasteiger partial charge >= 0.3 is 6.09 Å². The van der Waals surface area contributed by atoms with Crippen molar-refractivity contribution >= 4 is 11.9 Å². The highest BCUT2D eigenvalue weighted by atomic mass is 16.6. The third-order valence-corrected chi connectivity index (χ3v) is 12.2. The molecule has 0 saturated heterocycles. The molecule has 0 unspecified atom stereocenters. The van der Waals surface area contributed by atoms with Gasteiger partial charge in [0.1, 0.15) is 11.9 Å². The van der Waals surface area contributed by atoms with Crippen LogP contribution < -0.4 is 15.8 Å². The smallest absolute Gasteiger partial charge is 0.410 e. The van der Waals surface area contributed by atoms with Crippen LogP contribution in [0.4, 0.5) is 4.79 Å². The Morgan fingerprint density at radius 1 is 1.20 bits per heavy atom. The second-order valence-electron chi connectivity index (χ2n) is 15.7. The fourth-order valence-electron chi connectivity index (χ4n) is 9.56. The van der Waals surface area contributed by atoms with Gasteiger partial charge in [-0.25, -0.2) is 4.79 Å². The number of hydrogen-bond acceptors (Lipinski definition) is 8. The molecule has 1 heterocycles. The quantitative estimate of drug-likeness (QED) is 0.0875. The lowest BCUT2D eigenvalue weighted by Gasteiger charge is -2.56. The first-order valence-electron chi connectivity index (χ1n) is 18.7. The zero-order valence-electron chi connectivity index (χ0n) is 30.8. The summed E-state index contributed by atoms with van der Waals surface area (Å²) in [5.74, 6) is -0.551. The molecule has 8 atom stereocenters. The lowest BCUT2D eigenvalue weighted by molar-refractivity contribution is -0.168. The summed E-state index contributed by atoms with van der Waals surface area (Å²) in [6, 6.07) is 5.31. The van der Waals surface area contributed by atoms with Crippen LogP contribution in [0, 0.1) is 23.2 Å².